The molecule has 110 valence electrons. The average molecular weight is 285 g/mol. The minimum Gasteiger partial charge on any atom is -0.324 e. The Kier molecular flexibility index (Phi) is 2.53. The zero-order valence-corrected chi connectivity index (χ0v) is 11.3. The quantitative estimate of drug-likeness (QED) is 0.925. The number of halogens is 3. The van der Waals surface area contributed by atoms with E-state index in [1.165, 1.54) is 17.4 Å². The van der Waals surface area contributed by atoms with Crippen LogP contribution in [-0.4, -0.2) is 16.1 Å². The van der Waals surface area contributed by atoms with E-state index in [1.54, 1.807) is 0 Å². The maximum atomic E-state index is 13.2. The second kappa shape index (κ2) is 4.00. The Hall–Kier alpha value is -1.04. The standard InChI is InChI=1S/C14H18F3N3/c15-14(16,17)12-19-10-7-18-6-3-11(10)20(12)8-13(4-5-13)9-1-2-9/h9,18H,1-8H2. The first-order valence-electron chi connectivity index (χ1n) is 7.36. The summed E-state index contributed by atoms with van der Waals surface area (Å²) >= 11 is 0. The van der Waals surface area contributed by atoms with Gasteiger partial charge in [-0.25, -0.2) is 4.98 Å². The smallest absolute Gasteiger partial charge is 0.324 e. The van der Waals surface area contributed by atoms with E-state index in [0.717, 1.165) is 25.1 Å². The molecule has 0 radical (unpaired) electrons. The molecule has 2 aliphatic carbocycles. The number of alkyl halides is 3. The van der Waals surface area contributed by atoms with Crippen LogP contribution in [-0.2, 0) is 25.7 Å². The summed E-state index contributed by atoms with van der Waals surface area (Å²) in [5.74, 6) is -0.0264. The highest BCUT2D eigenvalue weighted by Crippen LogP contribution is 2.62. The number of hydrogen-bond donors (Lipinski definition) is 1. The number of imidazole rings is 1. The lowest BCUT2D eigenvalue weighted by Gasteiger charge is -2.21. The predicted octanol–water partition coefficient (Wildman–Crippen LogP) is 2.74. The van der Waals surface area contributed by atoms with E-state index >= 15 is 0 Å². The zero-order valence-electron chi connectivity index (χ0n) is 11.3. The second-order valence-corrected chi connectivity index (χ2v) is 6.48. The Balaban J connectivity index is 1.74. The Morgan fingerprint density at radius 3 is 2.65 bits per heavy atom. The molecule has 0 spiro atoms. The maximum absolute atomic E-state index is 13.2. The lowest BCUT2D eigenvalue weighted by molar-refractivity contribution is -0.147. The van der Waals surface area contributed by atoms with Gasteiger partial charge in [-0.1, -0.05) is 0 Å². The van der Waals surface area contributed by atoms with Crippen molar-refractivity contribution < 1.29 is 13.2 Å². The van der Waals surface area contributed by atoms with E-state index in [0.29, 0.717) is 31.1 Å². The van der Waals surface area contributed by atoms with Gasteiger partial charge in [-0.05, 0) is 37.0 Å². The number of rotatable bonds is 3. The van der Waals surface area contributed by atoms with Crippen molar-refractivity contribution in [1.29, 1.82) is 0 Å². The van der Waals surface area contributed by atoms with Crippen LogP contribution in [0.25, 0.3) is 0 Å². The first-order valence-corrected chi connectivity index (χ1v) is 7.36. The zero-order chi connectivity index (χ0) is 14.0. The molecule has 4 rings (SSSR count). The SMILES string of the molecule is FC(F)(F)c1nc2c(n1CC1(C3CC3)CC1)CCNC2. The molecule has 20 heavy (non-hydrogen) atoms. The van der Waals surface area contributed by atoms with E-state index in [2.05, 4.69) is 10.3 Å². The van der Waals surface area contributed by atoms with Crippen molar-refractivity contribution in [2.45, 2.75) is 51.4 Å². The van der Waals surface area contributed by atoms with Crippen LogP contribution in [0.2, 0.25) is 0 Å². The van der Waals surface area contributed by atoms with Gasteiger partial charge in [0.15, 0.2) is 0 Å². The molecule has 2 fully saturated rings. The molecule has 1 aromatic rings. The Bertz CT molecular complexity index is 539. The van der Waals surface area contributed by atoms with E-state index < -0.39 is 12.0 Å². The molecule has 0 aromatic carbocycles. The van der Waals surface area contributed by atoms with Crippen molar-refractivity contribution in [3.05, 3.63) is 17.2 Å². The first kappa shape index (κ1) is 12.7. The van der Waals surface area contributed by atoms with Crippen LogP contribution >= 0.6 is 0 Å². The molecule has 0 unspecified atom stereocenters. The van der Waals surface area contributed by atoms with E-state index in [1.807, 2.05) is 0 Å². The van der Waals surface area contributed by atoms with Gasteiger partial charge in [-0.15, -0.1) is 0 Å². The molecule has 6 heteroatoms. The molecule has 1 aliphatic heterocycles. The summed E-state index contributed by atoms with van der Waals surface area (Å²) in [5, 5.41) is 3.10. The van der Waals surface area contributed by atoms with Crippen molar-refractivity contribution in [2.75, 3.05) is 6.54 Å². The molecule has 0 saturated heterocycles. The van der Waals surface area contributed by atoms with Gasteiger partial charge >= 0.3 is 6.18 Å². The van der Waals surface area contributed by atoms with Crippen LogP contribution in [0.1, 0.15) is 42.9 Å². The third-order valence-electron chi connectivity index (χ3n) is 5.05. The van der Waals surface area contributed by atoms with Crippen LogP contribution in [0.4, 0.5) is 13.2 Å². The highest BCUT2D eigenvalue weighted by molar-refractivity contribution is 5.23. The van der Waals surface area contributed by atoms with Gasteiger partial charge in [-0.2, -0.15) is 13.2 Å². The van der Waals surface area contributed by atoms with E-state index in [9.17, 15) is 13.2 Å². The Morgan fingerprint density at radius 1 is 1.30 bits per heavy atom. The summed E-state index contributed by atoms with van der Waals surface area (Å²) in [6, 6.07) is 0. The summed E-state index contributed by atoms with van der Waals surface area (Å²) < 4.78 is 41.2. The summed E-state index contributed by atoms with van der Waals surface area (Å²) in [6.07, 6.45) is 0.857. The molecular weight excluding hydrogens is 267 g/mol. The molecule has 2 saturated carbocycles. The normalized spacial score (nSPS) is 24.6. The number of nitrogens with zero attached hydrogens (tertiary/aromatic N) is 2. The Morgan fingerprint density at radius 2 is 2.05 bits per heavy atom. The van der Waals surface area contributed by atoms with Crippen molar-refractivity contribution in [2.24, 2.45) is 11.3 Å². The van der Waals surface area contributed by atoms with Gasteiger partial charge < -0.3 is 9.88 Å². The van der Waals surface area contributed by atoms with Crippen LogP contribution in [0.15, 0.2) is 0 Å². The molecule has 0 amide bonds. The van der Waals surface area contributed by atoms with Crippen molar-refractivity contribution in [3.63, 3.8) is 0 Å². The Labute approximate surface area is 115 Å². The molecule has 3 aliphatic rings. The lowest BCUT2D eigenvalue weighted by Crippen LogP contribution is -2.27. The fourth-order valence-corrected chi connectivity index (χ4v) is 3.62. The summed E-state index contributed by atoms with van der Waals surface area (Å²) in [6.45, 7) is 1.73. The van der Waals surface area contributed by atoms with Gasteiger partial charge in [0, 0.05) is 31.7 Å². The lowest BCUT2D eigenvalue weighted by atomic mass is 10.00. The van der Waals surface area contributed by atoms with Crippen molar-refractivity contribution >= 4 is 0 Å². The largest absolute Gasteiger partial charge is 0.449 e. The minimum atomic E-state index is -4.35. The molecular formula is C14H18F3N3. The average Bonchev–Trinajstić information content (AvgIpc) is 3.26. The highest BCUT2D eigenvalue weighted by Gasteiger charge is 2.55. The van der Waals surface area contributed by atoms with Gasteiger partial charge in [0.1, 0.15) is 0 Å². The fraction of sp³-hybridized carbons (Fsp3) is 0.786. The maximum Gasteiger partial charge on any atom is 0.449 e. The molecule has 3 nitrogen and oxygen atoms in total. The predicted molar refractivity (Wildman–Crippen MR) is 67.0 cm³/mol. The number of hydrogen-bond acceptors (Lipinski definition) is 2. The number of fused-ring (bicyclic) bond motifs is 1. The molecule has 1 N–H and O–H groups in total. The van der Waals surface area contributed by atoms with Crippen LogP contribution in [0.5, 0.6) is 0 Å². The number of nitrogens with one attached hydrogen (secondary N) is 1. The van der Waals surface area contributed by atoms with Crippen LogP contribution in [0.3, 0.4) is 0 Å². The summed E-state index contributed by atoms with van der Waals surface area (Å²) in [5.41, 5.74) is 1.55. The van der Waals surface area contributed by atoms with Gasteiger partial charge in [0.05, 0.1) is 5.69 Å². The van der Waals surface area contributed by atoms with Gasteiger partial charge in [0.25, 0.3) is 0 Å². The van der Waals surface area contributed by atoms with E-state index in [-0.39, 0.29) is 5.41 Å². The molecule has 0 atom stereocenters. The van der Waals surface area contributed by atoms with Gasteiger partial charge in [0.2, 0.25) is 5.82 Å². The molecule has 0 bridgehead atoms. The van der Waals surface area contributed by atoms with E-state index in [4.69, 9.17) is 0 Å². The van der Waals surface area contributed by atoms with Crippen LogP contribution < -0.4 is 5.32 Å². The third kappa shape index (κ3) is 1.96. The van der Waals surface area contributed by atoms with Gasteiger partial charge in [-0.3, -0.25) is 0 Å². The highest BCUT2D eigenvalue weighted by atomic mass is 19.4. The van der Waals surface area contributed by atoms with Crippen LogP contribution in [0, 0.1) is 11.3 Å². The minimum absolute atomic E-state index is 0.152. The third-order valence-corrected chi connectivity index (χ3v) is 5.05. The topological polar surface area (TPSA) is 29.9 Å². The summed E-state index contributed by atoms with van der Waals surface area (Å²) in [7, 11) is 0. The second-order valence-electron chi connectivity index (χ2n) is 6.48. The molecule has 2 heterocycles. The fourth-order valence-electron chi connectivity index (χ4n) is 3.62. The van der Waals surface area contributed by atoms with Crippen molar-refractivity contribution in [3.8, 4) is 0 Å². The summed E-state index contributed by atoms with van der Waals surface area (Å²) in [4.78, 5) is 3.89. The number of aromatic nitrogens is 2. The molecule has 1 aromatic heterocycles. The first-order chi connectivity index (χ1) is 9.50. The monoisotopic (exact) mass is 285 g/mol. The van der Waals surface area contributed by atoms with Crippen molar-refractivity contribution in [1.82, 2.24) is 14.9 Å².